The quantitative estimate of drug-likeness (QED) is 0.730. The standard InChI is InChI=1S/C23H24N4O/c1-15-13-21(24)26-16(2)22(15)17-6-8-18(9-7-17)23(28)27(20-10-11-20)14-19-5-3-4-12-25-19/h3-9,12-13,20H,10-11,14H2,1-2H3,(H2,24,26). The largest absolute Gasteiger partial charge is 0.384 e. The van der Waals surface area contributed by atoms with Gasteiger partial charge in [0.2, 0.25) is 0 Å². The number of benzene rings is 1. The summed E-state index contributed by atoms with van der Waals surface area (Å²) in [6.07, 6.45) is 3.89. The van der Waals surface area contributed by atoms with Crippen molar-refractivity contribution < 1.29 is 4.79 Å². The highest BCUT2D eigenvalue weighted by molar-refractivity contribution is 5.95. The molecule has 1 aromatic carbocycles. The maximum atomic E-state index is 13.1. The van der Waals surface area contributed by atoms with Crippen LogP contribution in [-0.4, -0.2) is 26.8 Å². The van der Waals surface area contributed by atoms with Gasteiger partial charge in [0, 0.05) is 29.1 Å². The molecule has 0 unspecified atom stereocenters. The van der Waals surface area contributed by atoms with Gasteiger partial charge in [-0.1, -0.05) is 18.2 Å². The van der Waals surface area contributed by atoms with Gasteiger partial charge in [-0.2, -0.15) is 0 Å². The average Bonchev–Trinajstić information content (AvgIpc) is 3.51. The first kappa shape index (κ1) is 18.2. The van der Waals surface area contributed by atoms with E-state index >= 15 is 0 Å². The number of anilines is 1. The number of pyridine rings is 2. The van der Waals surface area contributed by atoms with Crippen LogP contribution in [-0.2, 0) is 6.54 Å². The molecular formula is C23H24N4O. The van der Waals surface area contributed by atoms with Crippen LogP contribution in [0.3, 0.4) is 0 Å². The maximum absolute atomic E-state index is 13.1. The Hall–Kier alpha value is -3.21. The molecule has 0 saturated heterocycles. The smallest absolute Gasteiger partial charge is 0.254 e. The third kappa shape index (κ3) is 3.74. The Morgan fingerprint density at radius 3 is 2.50 bits per heavy atom. The highest BCUT2D eigenvalue weighted by atomic mass is 16.2. The number of amides is 1. The van der Waals surface area contributed by atoms with E-state index in [1.807, 2.05) is 67.3 Å². The number of aromatic nitrogens is 2. The molecule has 28 heavy (non-hydrogen) atoms. The monoisotopic (exact) mass is 372 g/mol. The van der Waals surface area contributed by atoms with E-state index in [1.165, 1.54) is 0 Å². The Kier molecular flexibility index (Phi) is 4.82. The average molecular weight is 372 g/mol. The lowest BCUT2D eigenvalue weighted by atomic mass is 9.98. The highest BCUT2D eigenvalue weighted by Gasteiger charge is 2.33. The van der Waals surface area contributed by atoms with E-state index in [4.69, 9.17) is 5.73 Å². The summed E-state index contributed by atoms with van der Waals surface area (Å²) in [7, 11) is 0. The first-order valence-electron chi connectivity index (χ1n) is 9.58. The molecule has 2 N–H and O–H groups in total. The molecule has 1 fully saturated rings. The van der Waals surface area contributed by atoms with E-state index in [-0.39, 0.29) is 5.91 Å². The summed E-state index contributed by atoms with van der Waals surface area (Å²) < 4.78 is 0. The lowest BCUT2D eigenvalue weighted by molar-refractivity contribution is 0.0728. The van der Waals surface area contributed by atoms with Crippen LogP contribution in [0.1, 0.15) is 40.2 Å². The molecule has 1 aliphatic rings. The van der Waals surface area contributed by atoms with Gasteiger partial charge in [-0.3, -0.25) is 9.78 Å². The second-order valence-electron chi connectivity index (χ2n) is 7.39. The summed E-state index contributed by atoms with van der Waals surface area (Å²) in [5, 5.41) is 0. The van der Waals surface area contributed by atoms with E-state index in [9.17, 15) is 4.79 Å². The van der Waals surface area contributed by atoms with Gasteiger partial charge in [-0.05, 0) is 68.1 Å². The van der Waals surface area contributed by atoms with E-state index in [0.29, 0.717) is 24.0 Å². The number of nitrogens with zero attached hydrogens (tertiary/aromatic N) is 3. The van der Waals surface area contributed by atoms with Crippen molar-refractivity contribution in [1.82, 2.24) is 14.9 Å². The Morgan fingerprint density at radius 2 is 1.89 bits per heavy atom. The van der Waals surface area contributed by atoms with Gasteiger partial charge in [0.05, 0.1) is 12.2 Å². The SMILES string of the molecule is Cc1cc(N)nc(C)c1-c1ccc(C(=O)N(Cc2ccccn2)C2CC2)cc1. The zero-order chi connectivity index (χ0) is 19.7. The number of hydrogen-bond donors (Lipinski definition) is 1. The summed E-state index contributed by atoms with van der Waals surface area (Å²) in [5.74, 6) is 0.587. The molecule has 1 aliphatic carbocycles. The normalized spacial score (nSPS) is 13.4. The predicted molar refractivity (Wildman–Crippen MR) is 111 cm³/mol. The molecule has 4 rings (SSSR count). The lowest BCUT2D eigenvalue weighted by Gasteiger charge is -2.22. The van der Waals surface area contributed by atoms with Crippen molar-refractivity contribution in [3.8, 4) is 11.1 Å². The Balaban J connectivity index is 1.58. The Bertz CT molecular complexity index is 972. The van der Waals surface area contributed by atoms with Crippen LogP contribution in [0.5, 0.6) is 0 Å². The number of carbonyl (C=O) groups excluding carboxylic acids is 1. The van der Waals surface area contributed by atoms with Crippen LogP contribution < -0.4 is 5.73 Å². The number of nitrogen functional groups attached to an aromatic ring is 1. The molecule has 5 heteroatoms. The van der Waals surface area contributed by atoms with Gasteiger partial charge < -0.3 is 10.6 Å². The molecule has 2 aromatic heterocycles. The van der Waals surface area contributed by atoms with Gasteiger partial charge in [0.15, 0.2) is 0 Å². The third-order valence-corrected chi connectivity index (χ3v) is 5.14. The lowest BCUT2D eigenvalue weighted by Crippen LogP contribution is -2.32. The first-order valence-corrected chi connectivity index (χ1v) is 9.58. The van der Waals surface area contributed by atoms with Crippen molar-refractivity contribution in [3.05, 3.63) is 77.2 Å². The molecule has 1 saturated carbocycles. The van der Waals surface area contributed by atoms with Crippen molar-refractivity contribution in [2.24, 2.45) is 0 Å². The number of hydrogen-bond acceptors (Lipinski definition) is 4. The first-order chi connectivity index (χ1) is 13.5. The Morgan fingerprint density at radius 1 is 1.14 bits per heavy atom. The minimum atomic E-state index is 0.0589. The van der Waals surface area contributed by atoms with Crippen LogP contribution in [0, 0.1) is 13.8 Å². The zero-order valence-electron chi connectivity index (χ0n) is 16.2. The molecule has 0 atom stereocenters. The second-order valence-corrected chi connectivity index (χ2v) is 7.39. The van der Waals surface area contributed by atoms with Crippen molar-refractivity contribution in [3.63, 3.8) is 0 Å². The summed E-state index contributed by atoms with van der Waals surface area (Å²) in [6, 6.07) is 15.8. The fraction of sp³-hybridized carbons (Fsp3) is 0.261. The van der Waals surface area contributed by atoms with E-state index < -0.39 is 0 Å². The van der Waals surface area contributed by atoms with Crippen molar-refractivity contribution in [1.29, 1.82) is 0 Å². The van der Waals surface area contributed by atoms with Crippen molar-refractivity contribution >= 4 is 11.7 Å². The van der Waals surface area contributed by atoms with E-state index in [2.05, 4.69) is 9.97 Å². The molecule has 1 amide bonds. The van der Waals surface area contributed by atoms with Crippen LogP contribution >= 0.6 is 0 Å². The van der Waals surface area contributed by atoms with Crippen LogP contribution in [0.15, 0.2) is 54.7 Å². The van der Waals surface area contributed by atoms with Crippen LogP contribution in [0.25, 0.3) is 11.1 Å². The van der Waals surface area contributed by atoms with Gasteiger partial charge in [-0.25, -0.2) is 4.98 Å². The van der Waals surface area contributed by atoms with E-state index in [1.54, 1.807) is 6.20 Å². The van der Waals surface area contributed by atoms with Crippen molar-refractivity contribution in [2.45, 2.75) is 39.3 Å². The van der Waals surface area contributed by atoms with Gasteiger partial charge in [-0.15, -0.1) is 0 Å². The summed E-state index contributed by atoms with van der Waals surface area (Å²) in [6.45, 7) is 4.53. The Labute approximate surface area is 165 Å². The zero-order valence-corrected chi connectivity index (χ0v) is 16.2. The molecule has 142 valence electrons. The number of carbonyl (C=O) groups is 1. The van der Waals surface area contributed by atoms with Crippen LogP contribution in [0.2, 0.25) is 0 Å². The minimum absolute atomic E-state index is 0.0589. The fourth-order valence-electron chi connectivity index (χ4n) is 3.66. The molecule has 0 spiro atoms. The molecule has 0 aliphatic heterocycles. The number of aryl methyl sites for hydroxylation is 2. The molecule has 0 bridgehead atoms. The summed E-state index contributed by atoms with van der Waals surface area (Å²) in [5.41, 5.74) is 11.5. The topological polar surface area (TPSA) is 72.1 Å². The van der Waals surface area contributed by atoms with Gasteiger partial charge in [0.1, 0.15) is 5.82 Å². The third-order valence-electron chi connectivity index (χ3n) is 5.14. The molecule has 5 nitrogen and oxygen atoms in total. The summed E-state index contributed by atoms with van der Waals surface area (Å²) >= 11 is 0. The van der Waals surface area contributed by atoms with Crippen molar-refractivity contribution in [2.75, 3.05) is 5.73 Å². The van der Waals surface area contributed by atoms with Gasteiger partial charge in [0.25, 0.3) is 5.91 Å². The predicted octanol–water partition coefficient (Wildman–Crippen LogP) is 4.15. The highest BCUT2D eigenvalue weighted by Crippen LogP contribution is 2.31. The number of nitrogens with two attached hydrogens (primary N) is 1. The van der Waals surface area contributed by atoms with Gasteiger partial charge >= 0.3 is 0 Å². The maximum Gasteiger partial charge on any atom is 0.254 e. The van der Waals surface area contributed by atoms with E-state index in [0.717, 1.165) is 40.9 Å². The molecule has 0 radical (unpaired) electrons. The fourth-order valence-corrected chi connectivity index (χ4v) is 3.66. The molecule has 3 aromatic rings. The minimum Gasteiger partial charge on any atom is -0.384 e. The molecule has 2 heterocycles. The summed E-state index contributed by atoms with van der Waals surface area (Å²) in [4.78, 5) is 23.8. The molecular weight excluding hydrogens is 348 g/mol. The van der Waals surface area contributed by atoms with Crippen LogP contribution in [0.4, 0.5) is 5.82 Å². The second kappa shape index (κ2) is 7.43. The number of rotatable bonds is 5.